The van der Waals surface area contributed by atoms with E-state index in [0.29, 0.717) is 16.7 Å². The molecular formula is C18H20Cl2N4O5S. The van der Waals surface area contributed by atoms with Crippen LogP contribution in [0.15, 0.2) is 32.7 Å². The maximum absolute atomic E-state index is 13.0. The molecule has 9 nitrogen and oxygen atoms in total. The van der Waals surface area contributed by atoms with Gasteiger partial charge in [0.05, 0.1) is 15.8 Å². The van der Waals surface area contributed by atoms with Crippen LogP contribution in [0, 0.1) is 5.92 Å². The number of sulfonamides is 1. The third-order valence-electron chi connectivity index (χ3n) is 5.36. The van der Waals surface area contributed by atoms with Crippen molar-refractivity contribution in [2.45, 2.75) is 54.4 Å². The summed E-state index contributed by atoms with van der Waals surface area (Å²) in [7, 11) is -3.86. The van der Waals surface area contributed by atoms with Gasteiger partial charge in [0, 0.05) is 12.1 Å². The normalized spacial score (nSPS) is 18.0. The number of hydrogen-bond donors (Lipinski definition) is 2. The van der Waals surface area contributed by atoms with Crippen LogP contribution in [0.1, 0.15) is 32.6 Å². The van der Waals surface area contributed by atoms with Crippen LogP contribution >= 0.6 is 23.2 Å². The van der Waals surface area contributed by atoms with Gasteiger partial charge in [-0.25, -0.2) is 17.9 Å². The second-order valence-electron chi connectivity index (χ2n) is 8.10. The van der Waals surface area contributed by atoms with Gasteiger partial charge < -0.3 is 0 Å². The number of rotatable bonds is 7. The van der Waals surface area contributed by atoms with Crippen molar-refractivity contribution in [3.63, 3.8) is 0 Å². The quantitative estimate of drug-likeness (QED) is 0.585. The number of nitrogens with one attached hydrogen (secondary N) is 2. The predicted octanol–water partition coefficient (Wildman–Crippen LogP) is 1.28. The van der Waals surface area contributed by atoms with Crippen LogP contribution in [0.3, 0.4) is 0 Å². The number of aromatic nitrogens is 2. The number of carbonyl (C=O) groups excluding carboxylic acids is 1. The number of halogens is 2. The van der Waals surface area contributed by atoms with E-state index in [-0.39, 0.29) is 16.2 Å². The Morgan fingerprint density at radius 3 is 2.50 bits per heavy atom. The fourth-order valence-electron chi connectivity index (χ4n) is 3.19. The molecule has 0 unspecified atom stereocenters. The first-order valence-electron chi connectivity index (χ1n) is 9.43. The van der Waals surface area contributed by atoms with Gasteiger partial charge in [0.25, 0.3) is 11.5 Å². The van der Waals surface area contributed by atoms with Gasteiger partial charge in [-0.15, -0.1) is 0 Å². The molecule has 30 heavy (non-hydrogen) atoms. The molecule has 1 amide bonds. The SMILES string of the molecule is CC1(NS(=O)(=O)c2ccc3c(c2)c(=O)n(NC(=O)C(Cl)Cl)c(=O)n3CC2CC2)CC1. The first-order valence-corrected chi connectivity index (χ1v) is 11.8. The number of benzene rings is 1. The highest BCUT2D eigenvalue weighted by atomic mass is 35.5. The summed E-state index contributed by atoms with van der Waals surface area (Å²) in [6, 6.07) is 4.04. The average molecular weight is 475 g/mol. The van der Waals surface area contributed by atoms with Crippen LogP contribution in [-0.4, -0.2) is 33.9 Å². The Kier molecular flexibility index (Phi) is 5.24. The predicted molar refractivity (Wildman–Crippen MR) is 113 cm³/mol. The van der Waals surface area contributed by atoms with Crippen LogP contribution < -0.4 is 21.4 Å². The minimum Gasteiger partial charge on any atom is -0.291 e. The lowest BCUT2D eigenvalue weighted by molar-refractivity contribution is -0.115. The summed E-state index contributed by atoms with van der Waals surface area (Å²) in [6.07, 6.45) is 3.36. The first-order chi connectivity index (χ1) is 14.0. The molecule has 2 saturated carbocycles. The average Bonchev–Trinajstić information content (AvgIpc) is 3.60. The van der Waals surface area contributed by atoms with E-state index in [4.69, 9.17) is 23.2 Å². The standard InChI is InChI=1S/C18H20Cl2N4O5S/c1-18(6-7-18)22-30(28,29)11-4-5-13-12(8-11)16(26)24(21-15(25)14(19)20)17(27)23(13)9-10-2-3-10/h4-5,8,10,14,22H,2-3,6-7,9H2,1H3,(H,21,25). The Balaban J connectivity index is 1.88. The van der Waals surface area contributed by atoms with E-state index in [2.05, 4.69) is 10.1 Å². The fraction of sp³-hybridized carbons (Fsp3) is 0.500. The monoisotopic (exact) mass is 474 g/mol. The van der Waals surface area contributed by atoms with E-state index in [9.17, 15) is 22.8 Å². The van der Waals surface area contributed by atoms with E-state index in [1.165, 1.54) is 22.8 Å². The highest BCUT2D eigenvalue weighted by Crippen LogP contribution is 2.36. The van der Waals surface area contributed by atoms with Crippen molar-refractivity contribution in [2.24, 2.45) is 5.92 Å². The molecule has 12 heteroatoms. The number of nitrogens with zero attached hydrogens (tertiary/aromatic N) is 2. The van der Waals surface area contributed by atoms with Crippen molar-refractivity contribution in [3.8, 4) is 0 Å². The highest BCUT2D eigenvalue weighted by molar-refractivity contribution is 7.89. The van der Waals surface area contributed by atoms with Gasteiger partial charge in [-0.1, -0.05) is 23.2 Å². The van der Waals surface area contributed by atoms with Crippen LogP contribution in [-0.2, 0) is 21.4 Å². The van der Waals surface area contributed by atoms with Gasteiger partial charge in [-0.3, -0.25) is 19.6 Å². The van der Waals surface area contributed by atoms with Gasteiger partial charge in [-0.05, 0) is 56.7 Å². The summed E-state index contributed by atoms with van der Waals surface area (Å²) >= 11 is 11.1. The summed E-state index contributed by atoms with van der Waals surface area (Å²) in [5.74, 6) is -0.664. The topological polar surface area (TPSA) is 119 Å². The molecule has 2 aliphatic rings. The van der Waals surface area contributed by atoms with Crippen molar-refractivity contribution in [1.82, 2.24) is 14.0 Å². The Hall–Kier alpha value is -1.88. The lowest BCUT2D eigenvalue weighted by Crippen LogP contribution is -2.48. The van der Waals surface area contributed by atoms with E-state index in [0.717, 1.165) is 25.7 Å². The molecule has 0 saturated heterocycles. The minimum absolute atomic E-state index is 0.0138. The second-order valence-corrected chi connectivity index (χ2v) is 10.9. The third-order valence-corrected chi connectivity index (χ3v) is 7.40. The van der Waals surface area contributed by atoms with E-state index in [1.807, 2.05) is 0 Å². The van der Waals surface area contributed by atoms with Crippen molar-refractivity contribution >= 4 is 50.0 Å². The van der Waals surface area contributed by atoms with Crippen molar-refractivity contribution in [2.75, 3.05) is 5.43 Å². The summed E-state index contributed by atoms with van der Waals surface area (Å²) in [6.45, 7) is 2.15. The van der Waals surface area contributed by atoms with Crippen LogP contribution in [0.5, 0.6) is 0 Å². The summed E-state index contributed by atoms with van der Waals surface area (Å²) < 4.78 is 30.0. The summed E-state index contributed by atoms with van der Waals surface area (Å²) in [5, 5.41) is -0.0138. The Bertz CT molecular complexity index is 1260. The van der Waals surface area contributed by atoms with Gasteiger partial charge in [-0.2, -0.15) is 4.68 Å². The second kappa shape index (κ2) is 7.37. The zero-order chi connectivity index (χ0) is 21.8. The van der Waals surface area contributed by atoms with Gasteiger partial charge >= 0.3 is 5.69 Å². The lowest BCUT2D eigenvalue weighted by atomic mass is 10.2. The molecule has 2 fully saturated rings. The van der Waals surface area contributed by atoms with Crippen LogP contribution in [0.25, 0.3) is 10.9 Å². The smallest absolute Gasteiger partial charge is 0.291 e. The number of amides is 1. The molecule has 0 bridgehead atoms. The number of fused-ring (bicyclic) bond motifs is 1. The van der Waals surface area contributed by atoms with Crippen LogP contribution in [0.2, 0.25) is 0 Å². The van der Waals surface area contributed by atoms with E-state index in [1.54, 1.807) is 6.92 Å². The molecule has 2 aliphatic carbocycles. The zero-order valence-electron chi connectivity index (χ0n) is 16.0. The highest BCUT2D eigenvalue weighted by Gasteiger charge is 2.41. The van der Waals surface area contributed by atoms with Gasteiger partial charge in [0.2, 0.25) is 10.0 Å². The maximum Gasteiger partial charge on any atom is 0.350 e. The number of carbonyl (C=O) groups is 1. The minimum atomic E-state index is -3.86. The van der Waals surface area contributed by atoms with Crippen molar-refractivity contribution in [1.29, 1.82) is 0 Å². The Labute approximate surface area is 182 Å². The van der Waals surface area contributed by atoms with E-state index < -0.39 is 37.6 Å². The summed E-state index contributed by atoms with van der Waals surface area (Å²) in [4.78, 5) is 36.2. The molecule has 0 atom stereocenters. The molecule has 1 heterocycles. The third kappa shape index (κ3) is 4.14. The van der Waals surface area contributed by atoms with Crippen molar-refractivity contribution in [3.05, 3.63) is 39.0 Å². The Morgan fingerprint density at radius 2 is 1.93 bits per heavy atom. The Morgan fingerprint density at radius 1 is 1.27 bits per heavy atom. The first kappa shape index (κ1) is 21.4. The fourth-order valence-corrected chi connectivity index (χ4v) is 4.77. The number of hydrogen-bond acceptors (Lipinski definition) is 5. The molecule has 1 aromatic carbocycles. The molecule has 4 rings (SSSR count). The molecule has 1 aromatic heterocycles. The molecule has 0 spiro atoms. The molecular weight excluding hydrogens is 455 g/mol. The van der Waals surface area contributed by atoms with E-state index >= 15 is 0 Å². The van der Waals surface area contributed by atoms with Crippen LogP contribution in [0.4, 0.5) is 0 Å². The van der Waals surface area contributed by atoms with Gasteiger partial charge in [0.15, 0.2) is 4.84 Å². The molecule has 0 aliphatic heterocycles. The molecule has 162 valence electrons. The molecule has 0 radical (unpaired) electrons. The zero-order valence-corrected chi connectivity index (χ0v) is 18.4. The number of alkyl halides is 2. The lowest BCUT2D eigenvalue weighted by Gasteiger charge is -2.16. The molecule has 2 aromatic rings. The molecule has 2 N–H and O–H groups in total. The van der Waals surface area contributed by atoms with Gasteiger partial charge in [0.1, 0.15) is 0 Å². The largest absolute Gasteiger partial charge is 0.350 e. The summed E-state index contributed by atoms with van der Waals surface area (Å²) in [5.41, 5.74) is 0.317. The van der Waals surface area contributed by atoms with Crippen molar-refractivity contribution < 1.29 is 13.2 Å². The maximum atomic E-state index is 13.0.